The molecule has 1 heterocycles. The number of thiophene rings is 1. The highest BCUT2D eigenvalue weighted by molar-refractivity contribution is 9.10. The second-order valence-corrected chi connectivity index (χ2v) is 5.85. The van der Waals surface area contributed by atoms with Crippen molar-refractivity contribution in [2.24, 2.45) is 5.73 Å². The molecule has 0 aromatic carbocycles. The quantitative estimate of drug-likeness (QED) is 0.819. The van der Waals surface area contributed by atoms with Crippen LogP contribution in [0.25, 0.3) is 0 Å². The minimum Gasteiger partial charge on any atom is -0.323 e. The number of nitrogens with two attached hydrogens (primary N) is 1. The molecule has 1 aliphatic rings. The summed E-state index contributed by atoms with van der Waals surface area (Å²) >= 11 is 5.29. The van der Waals surface area contributed by atoms with Gasteiger partial charge in [-0.3, -0.25) is 0 Å². The van der Waals surface area contributed by atoms with Gasteiger partial charge >= 0.3 is 0 Å². The van der Waals surface area contributed by atoms with E-state index in [1.165, 1.54) is 30.6 Å². The SMILES string of the molecule is NC(CC1=CCCCC1)c1sccc1Br. The lowest BCUT2D eigenvalue weighted by molar-refractivity contribution is 0.632. The van der Waals surface area contributed by atoms with Crippen molar-refractivity contribution >= 4 is 27.3 Å². The van der Waals surface area contributed by atoms with Crippen molar-refractivity contribution in [2.45, 2.75) is 38.1 Å². The van der Waals surface area contributed by atoms with E-state index in [1.54, 1.807) is 16.9 Å². The molecule has 0 fully saturated rings. The zero-order valence-corrected chi connectivity index (χ0v) is 11.1. The molecule has 0 spiro atoms. The van der Waals surface area contributed by atoms with E-state index < -0.39 is 0 Å². The van der Waals surface area contributed by atoms with Gasteiger partial charge in [0.2, 0.25) is 0 Å². The van der Waals surface area contributed by atoms with Gasteiger partial charge in [0.1, 0.15) is 0 Å². The highest BCUT2D eigenvalue weighted by atomic mass is 79.9. The Labute approximate surface area is 104 Å². The Hall–Kier alpha value is -0.120. The Morgan fingerprint density at radius 2 is 2.33 bits per heavy atom. The Kier molecular flexibility index (Phi) is 4.00. The predicted molar refractivity (Wildman–Crippen MR) is 70.1 cm³/mol. The van der Waals surface area contributed by atoms with E-state index in [9.17, 15) is 0 Å². The molecule has 82 valence electrons. The number of hydrogen-bond acceptors (Lipinski definition) is 2. The molecule has 2 N–H and O–H groups in total. The van der Waals surface area contributed by atoms with E-state index in [-0.39, 0.29) is 6.04 Å². The van der Waals surface area contributed by atoms with Gasteiger partial charge in [0.15, 0.2) is 0 Å². The van der Waals surface area contributed by atoms with Gasteiger partial charge in [0.05, 0.1) is 0 Å². The molecule has 1 aromatic rings. The molecule has 3 heteroatoms. The van der Waals surface area contributed by atoms with Crippen LogP contribution in [0.1, 0.15) is 43.0 Å². The first kappa shape index (κ1) is 11.4. The van der Waals surface area contributed by atoms with Gasteiger partial charge in [0.25, 0.3) is 0 Å². The summed E-state index contributed by atoms with van der Waals surface area (Å²) in [5.41, 5.74) is 7.76. The highest BCUT2D eigenvalue weighted by Crippen LogP contribution is 2.33. The van der Waals surface area contributed by atoms with Gasteiger partial charge in [-0.1, -0.05) is 11.6 Å². The van der Waals surface area contributed by atoms with Gasteiger partial charge in [-0.2, -0.15) is 0 Å². The van der Waals surface area contributed by atoms with Crippen molar-refractivity contribution in [2.75, 3.05) is 0 Å². The summed E-state index contributed by atoms with van der Waals surface area (Å²) in [5.74, 6) is 0. The van der Waals surface area contributed by atoms with E-state index in [2.05, 4.69) is 33.5 Å². The fraction of sp³-hybridized carbons (Fsp3) is 0.500. The fourth-order valence-corrected chi connectivity index (χ4v) is 3.71. The molecule has 0 aliphatic heterocycles. The van der Waals surface area contributed by atoms with E-state index >= 15 is 0 Å². The molecular formula is C12H16BrNS. The number of allylic oxidation sites excluding steroid dienone is 1. The molecule has 0 saturated carbocycles. The molecule has 2 rings (SSSR count). The second-order valence-electron chi connectivity index (χ2n) is 4.05. The maximum absolute atomic E-state index is 6.21. The number of rotatable bonds is 3. The van der Waals surface area contributed by atoms with Crippen LogP contribution in [0.15, 0.2) is 27.6 Å². The average molecular weight is 286 g/mol. The van der Waals surface area contributed by atoms with Crippen molar-refractivity contribution in [3.63, 3.8) is 0 Å². The molecule has 1 unspecified atom stereocenters. The van der Waals surface area contributed by atoms with Crippen LogP contribution in [0, 0.1) is 0 Å². The predicted octanol–water partition coefficient (Wildman–Crippen LogP) is 4.40. The van der Waals surface area contributed by atoms with E-state index in [1.807, 2.05) is 0 Å². The summed E-state index contributed by atoms with van der Waals surface area (Å²) in [4.78, 5) is 1.28. The second kappa shape index (κ2) is 5.28. The molecule has 0 radical (unpaired) electrons. The van der Waals surface area contributed by atoms with Gasteiger partial charge < -0.3 is 5.73 Å². The third-order valence-electron chi connectivity index (χ3n) is 2.85. The van der Waals surface area contributed by atoms with Crippen molar-refractivity contribution in [3.05, 3.63) is 32.4 Å². The van der Waals surface area contributed by atoms with Crippen LogP contribution in [0.5, 0.6) is 0 Å². The molecule has 1 aliphatic carbocycles. The van der Waals surface area contributed by atoms with Crippen molar-refractivity contribution < 1.29 is 0 Å². The van der Waals surface area contributed by atoms with Gasteiger partial charge in [-0.25, -0.2) is 0 Å². The maximum Gasteiger partial charge on any atom is 0.0438 e. The summed E-state index contributed by atoms with van der Waals surface area (Å²) < 4.78 is 1.16. The Morgan fingerprint density at radius 3 is 2.93 bits per heavy atom. The molecule has 1 atom stereocenters. The van der Waals surface area contributed by atoms with Crippen LogP contribution in [0.4, 0.5) is 0 Å². The van der Waals surface area contributed by atoms with Gasteiger partial charge in [0, 0.05) is 15.4 Å². The lowest BCUT2D eigenvalue weighted by Crippen LogP contribution is -2.11. The minimum atomic E-state index is 0.170. The van der Waals surface area contributed by atoms with Crippen LogP contribution >= 0.6 is 27.3 Å². The summed E-state index contributed by atoms with van der Waals surface area (Å²) in [6.07, 6.45) is 8.58. The van der Waals surface area contributed by atoms with Gasteiger partial charge in [-0.15, -0.1) is 11.3 Å². The maximum atomic E-state index is 6.21. The number of halogens is 1. The molecule has 0 amide bonds. The average Bonchev–Trinajstić information content (AvgIpc) is 2.66. The van der Waals surface area contributed by atoms with Crippen LogP contribution in [-0.4, -0.2) is 0 Å². The summed E-state index contributed by atoms with van der Waals surface area (Å²) in [6, 6.07) is 2.25. The van der Waals surface area contributed by atoms with Crippen molar-refractivity contribution in [1.82, 2.24) is 0 Å². The topological polar surface area (TPSA) is 26.0 Å². The minimum absolute atomic E-state index is 0.170. The first-order valence-electron chi connectivity index (χ1n) is 5.44. The first-order valence-corrected chi connectivity index (χ1v) is 7.11. The molecule has 1 aromatic heterocycles. The monoisotopic (exact) mass is 285 g/mol. The van der Waals surface area contributed by atoms with Crippen LogP contribution in [0.3, 0.4) is 0 Å². The number of hydrogen-bond donors (Lipinski definition) is 1. The Bertz CT molecular complexity index is 356. The first-order chi connectivity index (χ1) is 7.27. The third-order valence-corrected chi connectivity index (χ3v) is 4.85. The lowest BCUT2D eigenvalue weighted by atomic mass is 9.94. The smallest absolute Gasteiger partial charge is 0.0438 e. The zero-order chi connectivity index (χ0) is 10.7. The lowest BCUT2D eigenvalue weighted by Gasteiger charge is -2.16. The standard InChI is InChI=1S/C12H16BrNS/c13-10-6-7-15-12(10)11(14)8-9-4-2-1-3-5-9/h4,6-7,11H,1-3,5,8,14H2. The molecule has 0 bridgehead atoms. The molecule has 1 nitrogen and oxygen atoms in total. The Morgan fingerprint density at radius 1 is 1.47 bits per heavy atom. The highest BCUT2D eigenvalue weighted by Gasteiger charge is 2.14. The van der Waals surface area contributed by atoms with E-state index in [0.29, 0.717) is 0 Å². The normalized spacial score (nSPS) is 18.7. The van der Waals surface area contributed by atoms with Crippen molar-refractivity contribution in [1.29, 1.82) is 0 Å². The molecule has 0 saturated heterocycles. The van der Waals surface area contributed by atoms with Crippen LogP contribution in [0.2, 0.25) is 0 Å². The van der Waals surface area contributed by atoms with E-state index in [4.69, 9.17) is 5.73 Å². The molecular weight excluding hydrogens is 270 g/mol. The fourth-order valence-electron chi connectivity index (χ4n) is 2.04. The largest absolute Gasteiger partial charge is 0.323 e. The molecule has 15 heavy (non-hydrogen) atoms. The van der Waals surface area contributed by atoms with Crippen molar-refractivity contribution in [3.8, 4) is 0 Å². The Balaban J connectivity index is 2.00. The summed E-state index contributed by atoms with van der Waals surface area (Å²) in [5, 5.41) is 2.09. The summed E-state index contributed by atoms with van der Waals surface area (Å²) in [7, 11) is 0. The van der Waals surface area contributed by atoms with Crippen LogP contribution < -0.4 is 5.73 Å². The van der Waals surface area contributed by atoms with E-state index in [0.717, 1.165) is 10.9 Å². The zero-order valence-electron chi connectivity index (χ0n) is 8.71. The van der Waals surface area contributed by atoms with Crippen LogP contribution in [-0.2, 0) is 0 Å². The summed E-state index contributed by atoms with van der Waals surface area (Å²) in [6.45, 7) is 0. The van der Waals surface area contributed by atoms with Gasteiger partial charge in [-0.05, 0) is 59.5 Å². The third kappa shape index (κ3) is 2.92.